The number of hydrogen-bond donors (Lipinski definition) is 1. The largest absolute Gasteiger partial charge is 0.330 e. The molecule has 0 saturated carbocycles. The summed E-state index contributed by atoms with van der Waals surface area (Å²) in [6.45, 7) is 5.48. The summed E-state index contributed by atoms with van der Waals surface area (Å²) < 4.78 is 1.30. The second-order valence-electron chi connectivity index (χ2n) is 5.78. The molecule has 1 aromatic carbocycles. The lowest BCUT2D eigenvalue weighted by Gasteiger charge is -2.36. The van der Waals surface area contributed by atoms with Gasteiger partial charge in [0.1, 0.15) is 5.01 Å². The van der Waals surface area contributed by atoms with Gasteiger partial charge in [-0.25, -0.2) is 4.98 Å². The first kappa shape index (κ1) is 14.0. The first-order valence-electron chi connectivity index (χ1n) is 7.57. The number of benzene rings is 1. The Morgan fingerprint density at radius 2 is 2.30 bits per heavy atom. The number of piperidine rings is 1. The van der Waals surface area contributed by atoms with E-state index < -0.39 is 0 Å². The van der Waals surface area contributed by atoms with E-state index in [9.17, 15) is 0 Å². The summed E-state index contributed by atoms with van der Waals surface area (Å²) in [5, 5.41) is 1.25. The summed E-state index contributed by atoms with van der Waals surface area (Å²) in [5.74, 6) is 0.769. The molecule has 2 aromatic rings. The van der Waals surface area contributed by atoms with Gasteiger partial charge in [-0.3, -0.25) is 4.90 Å². The van der Waals surface area contributed by atoms with Crippen molar-refractivity contribution in [2.75, 3.05) is 19.6 Å². The van der Waals surface area contributed by atoms with E-state index in [1.54, 1.807) is 0 Å². The van der Waals surface area contributed by atoms with Crippen molar-refractivity contribution in [3.05, 3.63) is 29.3 Å². The molecule has 108 valence electrons. The molecule has 20 heavy (non-hydrogen) atoms. The number of para-hydroxylation sites is 1. The van der Waals surface area contributed by atoms with E-state index in [0.29, 0.717) is 6.04 Å². The van der Waals surface area contributed by atoms with Crippen LogP contribution in [0.3, 0.4) is 0 Å². The van der Waals surface area contributed by atoms with E-state index in [1.807, 2.05) is 11.3 Å². The molecule has 0 bridgehead atoms. The lowest BCUT2D eigenvalue weighted by atomic mass is 9.94. The van der Waals surface area contributed by atoms with Crippen LogP contribution in [0.4, 0.5) is 0 Å². The lowest BCUT2D eigenvalue weighted by molar-refractivity contribution is 0.128. The van der Waals surface area contributed by atoms with Gasteiger partial charge in [0, 0.05) is 6.54 Å². The van der Waals surface area contributed by atoms with Gasteiger partial charge in [0.05, 0.1) is 16.3 Å². The molecule has 1 saturated heterocycles. The summed E-state index contributed by atoms with van der Waals surface area (Å²) in [6, 6.07) is 8.85. The van der Waals surface area contributed by atoms with Crippen LogP contribution in [0.15, 0.2) is 24.3 Å². The molecular weight excluding hydrogens is 266 g/mol. The summed E-state index contributed by atoms with van der Waals surface area (Å²) in [5.41, 5.74) is 6.85. The number of aromatic nitrogens is 1. The minimum absolute atomic E-state index is 0.424. The molecule has 4 heteroatoms. The van der Waals surface area contributed by atoms with Gasteiger partial charge in [-0.1, -0.05) is 12.1 Å². The number of nitrogens with two attached hydrogens (primary N) is 1. The maximum Gasteiger partial charge on any atom is 0.111 e. The molecule has 2 heterocycles. The van der Waals surface area contributed by atoms with Crippen LogP contribution < -0.4 is 5.73 Å². The number of fused-ring (bicyclic) bond motifs is 1. The molecule has 2 atom stereocenters. The fourth-order valence-corrected chi connectivity index (χ4v) is 4.20. The normalized spacial score (nSPS) is 22.2. The van der Waals surface area contributed by atoms with Crippen molar-refractivity contribution < 1.29 is 0 Å². The van der Waals surface area contributed by atoms with Gasteiger partial charge in [-0.05, 0) is 57.3 Å². The third-order valence-corrected chi connectivity index (χ3v) is 5.55. The Morgan fingerprint density at radius 1 is 1.45 bits per heavy atom. The first-order chi connectivity index (χ1) is 9.78. The van der Waals surface area contributed by atoms with Crippen molar-refractivity contribution in [2.45, 2.75) is 32.2 Å². The molecule has 3 rings (SSSR count). The highest BCUT2D eigenvalue weighted by atomic mass is 32.1. The summed E-state index contributed by atoms with van der Waals surface area (Å²) in [7, 11) is 0. The molecular formula is C16H23N3S. The number of thiazole rings is 1. The number of hydrogen-bond acceptors (Lipinski definition) is 4. The van der Waals surface area contributed by atoms with Crippen molar-refractivity contribution in [2.24, 2.45) is 11.7 Å². The smallest absolute Gasteiger partial charge is 0.111 e. The van der Waals surface area contributed by atoms with Crippen molar-refractivity contribution in [3.8, 4) is 0 Å². The molecule has 3 nitrogen and oxygen atoms in total. The van der Waals surface area contributed by atoms with E-state index in [1.165, 1.54) is 35.6 Å². The molecule has 1 aliphatic rings. The van der Waals surface area contributed by atoms with E-state index in [4.69, 9.17) is 10.7 Å². The van der Waals surface area contributed by atoms with Crippen LogP contribution in [0.5, 0.6) is 0 Å². The lowest BCUT2D eigenvalue weighted by Crippen LogP contribution is -2.37. The molecule has 2 unspecified atom stereocenters. The first-order valence-corrected chi connectivity index (χ1v) is 8.39. The van der Waals surface area contributed by atoms with Gasteiger partial charge in [0.25, 0.3) is 0 Å². The maximum absolute atomic E-state index is 5.71. The topological polar surface area (TPSA) is 42.2 Å². The fraction of sp³-hybridized carbons (Fsp3) is 0.562. The molecule has 0 radical (unpaired) electrons. The number of rotatable bonds is 4. The van der Waals surface area contributed by atoms with Gasteiger partial charge < -0.3 is 5.73 Å². The number of likely N-dealkylation sites (tertiary alicyclic amines) is 1. The minimum Gasteiger partial charge on any atom is -0.330 e. The van der Waals surface area contributed by atoms with Crippen molar-refractivity contribution >= 4 is 21.6 Å². The van der Waals surface area contributed by atoms with Crippen LogP contribution in [0.25, 0.3) is 10.2 Å². The van der Waals surface area contributed by atoms with Crippen LogP contribution in [0.2, 0.25) is 0 Å². The number of nitrogens with zero attached hydrogens (tertiary/aromatic N) is 2. The highest BCUT2D eigenvalue weighted by Crippen LogP contribution is 2.32. The van der Waals surface area contributed by atoms with Crippen LogP contribution >= 0.6 is 11.3 Å². The molecule has 1 aromatic heterocycles. The summed E-state index contributed by atoms with van der Waals surface area (Å²) in [6.07, 6.45) is 3.78. The molecule has 1 aliphatic heterocycles. The second kappa shape index (κ2) is 6.20. The zero-order valence-corrected chi connectivity index (χ0v) is 12.9. The van der Waals surface area contributed by atoms with Crippen molar-refractivity contribution in [1.29, 1.82) is 0 Å². The Morgan fingerprint density at radius 3 is 3.10 bits per heavy atom. The van der Waals surface area contributed by atoms with Crippen LogP contribution in [-0.2, 0) is 0 Å². The van der Waals surface area contributed by atoms with E-state index in [-0.39, 0.29) is 0 Å². The Bertz CT molecular complexity index is 531. The predicted molar refractivity (Wildman–Crippen MR) is 86.0 cm³/mol. The van der Waals surface area contributed by atoms with Gasteiger partial charge in [0.2, 0.25) is 0 Å². The van der Waals surface area contributed by atoms with Crippen LogP contribution in [-0.4, -0.2) is 29.5 Å². The van der Waals surface area contributed by atoms with Crippen molar-refractivity contribution in [1.82, 2.24) is 9.88 Å². The second-order valence-corrected chi connectivity index (χ2v) is 6.84. The third kappa shape index (κ3) is 2.87. The Balaban J connectivity index is 1.75. The average molecular weight is 289 g/mol. The highest BCUT2D eigenvalue weighted by molar-refractivity contribution is 7.18. The van der Waals surface area contributed by atoms with E-state index in [2.05, 4.69) is 36.1 Å². The van der Waals surface area contributed by atoms with Gasteiger partial charge in [-0.2, -0.15) is 0 Å². The Hall–Kier alpha value is -0.970. The van der Waals surface area contributed by atoms with Crippen molar-refractivity contribution in [3.63, 3.8) is 0 Å². The predicted octanol–water partition coefficient (Wildman–Crippen LogP) is 3.42. The molecule has 2 N–H and O–H groups in total. The maximum atomic E-state index is 5.71. The molecule has 1 fully saturated rings. The highest BCUT2D eigenvalue weighted by Gasteiger charge is 2.25. The summed E-state index contributed by atoms with van der Waals surface area (Å²) >= 11 is 1.84. The SMILES string of the molecule is CC(c1nc2ccccc2s1)N1CCCC(CCN)C1. The fourth-order valence-electron chi connectivity index (χ4n) is 3.15. The van der Waals surface area contributed by atoms with Crippen LogP contribution in [0.1, 0.15) is 37.2 Å². The summed E-state index contributed by atoms with van der Waals surface area (Å²) in [4.78, 5) is 7.40. The molecule has 0 aliphatic carbocycles. The minimum atomic E-state index is 0.424. The van der Waals surface area contributed by atoms with Gasteiger partial charge >= 0.3 is 0 Å². The van der Waals surface area contributed by atoms with E-state index >= 15 is 0 Å². The molecule has 0 amide bonds. The quantitative estimate of drug-likeness (QED) is 0.938. The van der Waals surface area contributed by atoms with Gasteiger partial charge in [0.15, 0.2) is 0 Å². The van der Waals surface area contributed by atoms with E-state index in [0.717, 1.165) is 24.4 Å². The van der Waals surface area contributed by atoms with Gasteiger partial charge in [-0.15, -0.1) is 11.3 Å². The Labute approximate surface area is 124 Å². The van der Waals surface area contributed by atoms with Crippen LogP contribution in [0, 0.1) is 5.92 Å². The Kier molecular flexibility index (Phi) is 4.34. The third-order valence-electron chi connectivity index (χ3n) is 4.34. The zero-order chi connectivity index (χ0) is 13.9. The zero-order valence-electron chi connectivity index (χ0n) is 12.1. The monoisotopic (exact) mass is 289 g/mol. The molecule has 0 spiro atoms. The average Bonchev–Trinajstić information content (AvgIpc) is 2.91. The standard InChI is InChI=1S/C16H23N3S/c1-12(19-10-4-5-13(11-19)8-9-17)16-18-14-6-2-3-7-15(14)20-16/h2-3,6-7,12-13H,4-5,8-11,17H2,1H3.